The molecule has 0 spiro atoms. The highest BCUT2D eigenvalue weighted by atomic mass is 19.4. The zero-order valence-electron chi connectivity index (χ0n) is 10.4. The SMILES string of the molecule is OCC(O)c1ccccc1-c1ccc(C(F)(F)F)cc1. The van der Waals surface area contributed by atoms with Gasteiger partial charge in [-0.1, -0.05) is 36.4 Å². The summed E-state index contributed by atoms with van der Waals surface area (Å²) in [6, 6.07) is 11.4. The molecule has 2 aromatic rings. The van der Waals surface area contributed by atoms with E-state index in [1.54, 1.807) is 24.3 Å². The molecular formula is C15H13F3O2. The van der Waals surface area contributed by atoms with E-state index in [0.717, 1.165) is 12.1 Å². The lowest BCUT2D eigenvalue weighted by molar-refractivity contribution is -0.137. The summed E-state index contributed by atoms with van der Waals surface area (Å²) < 4.78 is 37.5. The molecule has 0 saturated heterocycles. The van der Waals surface area contributed by atoms with E-state index < -0.39 is 24.5 Å². The minimum atomic E-state index is -4.37. The van der Waals surface area contributed by atoms with Crippen LogP contribution in [0.1, 0.15) is 17.2 Å². The minimum Gasteiger partial charge on any atom is -0.393 e. The number of aliphatic hydroxyl groups is 2. The summed E-state index contributed by atoms with van der Waals surface area (Å²) in [5.74, 6) is 0. The van der Waals surface area contributed by atoms with E-state index in [-0.39, 0.29) is 0 Å². The van der Waals surface area contributed by atoms with E-state index in [1.165, 1.54) is 12.1 Å². The van der Waals surface area contributed by atoms with Gasteiger partial charge in [-0.2, -0.15) is 13.2 Å². The first-order valence-corrected chi connectivity index (χ1v) is 5.99. The van der Waals surface area contributed by atoms with Crippen molar-refractivity contribution in [2.45, 2.75) is 12.3 Å². The summed E-state index contributed by atoms with van der Waals surface area (Å²) in [7, 11) is 0. The summed E-state index contributed by atoms with van der Waals surface area (Å²) in [6.45, 7) is -0.447. The molecule has 0 aliphatic heterocycles. The van der Waals surface area contributed by atoms with Crippen molar-refractivity contribution in [3.63, 3.8) is 0 Å². The monoisotopic (exact) mass is 282 g/mol. The molecule has 20 heavy (non-hydrogen) atoms. The fourth-order valence-electron chi connectivity index (χ4n) is 1.99. The van der Waals surface area contributed by atoms with E-state index in [9.17, 15) is 18.3 Å². The average molecular weight is 282 g/mol. The molecule has 2 nitrogen and oxygen atoms in total. The van der Waals surface area contributed by atoms with Crippen LogP contribution in [-0.4, -0.2) is 16.8 Å². The fourth-order valence-corrected chi connectivity index (χ4v) is 1.99. The molecular weight excluding hydrogens is 269 g/mol. The van der Waals surface area contributed by atoms with Crippen molar-refractivity contribution in [3.8, 4) is 11.1 Å². The average Bonchev–Trinajstić information content (AvgIpc) is 2.45. The van der Waals surface area contributed by atoms with Gasteiger partial charge in [-0.15, -0.1) is 0 Å². The van der Waals surface area contributed by atoms with Gasteiger partial charge < -0.3 is 10.2 Å². The first-order valence-electron chi connectivity index (χ1n) is 5.99. The van der Waals surface area contributed by atoms with Gasteiger partial charge in [0.1, 0.15) is 6.10 Å². The second-order valence-electron chi connectivity index (χ2n) is 4.36. The van der Waals surface area contributed by atoms with Gasteiger partial charge in [-0.25, -0.2) is 0 Å². The second kappa shape index (κ2) is 5.64. The van der Waals surface area contributed by atoms with Gasteiger partial charge in [0.05, 0.1) is 12.2 Å². The van der Waals surface area contributed by atoms with Gasteiger partial charge in [0.25, 0.3) is 0 Å². The number of alkyl halides is 3. The van der Waals surface area contributed by atoms with Gasteiger partial charge in [0.15, 0.2) is 0 Å². The van der Waals surface area contributed by atoms with Crippen LogP contribution in [0.15, 0.2) is 48.5 Å². The molecule has 0 radical (unpaired) electrons. The van der Waals surface area contributed by atoms with E-state index in [2.05, 4.69) is 0 Å². The number of hydrogen-bond acceptors (Lipinski definition) is 2. The quantitative estimate of drug-likeness (QED) is 0.905. The van der Waals surface area contributed by atoms with E-state index in [0.29, 0.717) is 16.7 Å². The fraction of sp³-hybridized carbons (Fsp3) is 0.200. The maximum Gasteiger partial charge on any atom is 0.416 e. The third-order valence-corrected chi connectivity index (χ3v) is 3.02. The Balaban J connectivity index is 2.42. The molecule has 0 fully saturated rings. The van der Waals surface area contributed by atoms with Crippen molar-refractivity contribution in [3.05, 3.63) is 59.7 Å². The van der Waals surface area contributed by atoms with Crippen LogP contribution >= 0.6 is 0 Å². The molecule has 0 bridgehead atoms. The smallest absolute Gasteiger partial charge is 0.393 e. The Bertz CT molecular complexity index is 576. The number of halogens is 3. The van der Waals surface area contributed by atoms with Crippen molar-refractivity contribution in [1.29, 1.82) is 0 Å². The van der Waals surface area contributed by atoms with Crippen molar-refractivity contribution >= 4 is 0 Å². The van der Waals surface area contributed by atoms with Gasteiger partial charge in [0.2, 0.25) is 0 Å². The second-order valence-corrected chi connectivity index (χ2v) is 4.36. The largest absolute Gasteiger partial charge is 0.416 e. The zero-order chi connectivity index (χ0) is 14.8. The molecule has 106 valence electrons. The highest BCUT2D eigenvalue weighted by Gasteiger charge is 2.30. The Morgan fingerprint density at radius 3 is 2.10 bits per heavy atom. The lowest BCUT2D eigenvalue weighted by Gasteiger charge is -2.14. The molecule has 1 atom stereocenters. The molecule has 2 N–H and O–H groups in total. The molecule has 0 aromatic heterocycles. The van der Waals surface area contributed by atoms with Crippen LogP contribution in [0.2, 0.25) is 0 Å². The van der Waals surface area contributed by atoms with Crippen molar-refractivity contribution < 1.29 is 23.4 Å². The standard InChI is InChI=1S/C15H13F3O2/c16-15(17,18)11-7-5-10(6-8-11)12-3-1-2-4-13(12)14(20)9-19/h1-8,14,19-20H,9H2. The van der Waals surface area contributed by atoms with Gasteiger partial charge in [-0.3, -0.25) is 0 Å². The third kappa shape index (κ3) is 3.00. The molecule has 0 saturated carbocycles. The normalized spacial score (nSPS) is 13.2. The summed E-state index contributed by atoms with van der Waals surface area (Å²) in [4.78, 5) is 0. The summed E-state index contributed by atoms with van der Waals surface area (Å²) in [5.41, 5.74) is 0.917. The van der Waals surface area contributed by atoms with Crippen LogP contribution in [0.5, 0.6) is 0 Å². The van der Waals surface area contributed by atoms with Gasteiger partial charge in [-0.05, 0) is 28.8 Å². The maximum absolute atomic E-state index is 12.5. The molecule has 0 heterocycles. The first kappa shape index (κ1) is 14.6. The molecule has 1 unspecified atom stereocenters. The van der Waals surface area contributed by atoms with E-state index in [4.69, 9.17) is 5.11 Å². The number of rotatable bonds is 3. The predicted molar refractivity (Wildman–Crippen MR) is 68.9 cm³/mol. The van der Waals surface area contributed by atoms with Crippen molar-refractivity contribution in [2.24, 2.45) is 0 Å². The Morgan fingerprint density at radius 2 is 1.55 bits per heavy atom. The van der Waals surface area contributed by atoms with Crippen LogP contribution in [0.3, 0.4) is 0 Å². The number of aliphatic hydroxyl groups excluding tert-OH is 2. The van der Waals surface area contributed by atoms with Crippen LogP contribution in [0.4, 0.5) is 13.2 Å². The number of benzene rings is 2. The Morgan fingerprint density at radius 1 is 0.950 bits per heavy atom. The molecule has 0 amide bonds. The molecule has 2 aromatic carbocycles. The van der Waals surface area contributed by atoms with Crippen LogP contribution in [0.25, 0.3) is 11.1 Å². The van der Waals surface area contributed by atoms with E-state index in [1.807, 2.05) is 0 Å². The minimum absolute atomic E-state index is 0.447. The first-order chi connectivity index (χ1) is 9.43. The van der Waals surface area contributed by atoms with Crippen LogP contribution in [0, 0.1) is 0 Å². The highest BCUT2D eigenvalue weighted by Crippen LogP contribution is 2.33. The van der Waals surface area contributed by atoms with Crippen molar-refractivity contribution in [1.82, 2.24) is 0 Å². The highest BCUT2D eigenvalue weighted by molar-refractivity contribution is 5.68. The summed E-state index contributed by atoms with van der Waals surface area (Å²) in [6.07, 6.45) is -5.43. The Hall–Kier alpha value is -1.85. The van der Waals surface area contributed by atoms with Crippen molar-refractivity contribution in [2.75, 3.05) is 6.61 Å². The predicted octanol–water partition coefficient (Wildman–Crippen LogP) is 3.40. The topological polar surface area (TPSA) is 40.5 Å². The summed E-state index contributed by atoms with van der Waals surface area (Å²) in [5, 5.41) is 18.7. The Labute approximate surface area is 114 Å². The van der Waals surface area contributed by atoms with Crippen LogP contribution < -0.4 is 0 Å². The molecule has 2 rings (SSSR count). The zero-order valence-corrected chi connectivity index (χ0v) is 10.4. The van der Waals surface area contributed by atoms with E-state index >= 15 is 0 Å². The lowest BCUT2D eigenvalue weighted by Crippen LogP contribution is -2.05. The molecule has 0 aliphatic carbocycles. The molecule has 5 heteroatoms. The lowest BCUT2D eigenvalue weighted by atomic mass is 9.96. The van der Waals surface area contributed by atoms with Gasteiger partial charge in [0, 0.05) is 0 Å². The van der Waals surface area contributed by atoms with Gasteiger partial charge >= 0.3 is 6.18 Å². The summed E-state index contributed by atoms with van der Waals surface area (Å²) >= 11 is 0. The van der Waals surface area contributed by atoms with Crippen LogP contribution in [-0.2, 0) is 6.18 Å². The maximum atomic E-state index is 12.5. The Kier molecular flexibility index (Phi) is 4.11. The third-order valence-electron chi connectivity index (χ3n) is 3.02. The molecule has 0 aliphatic rings. The number of hydrogen-bond donors (Lipinski definition) is 2.